The zero-order chi connectivity index (χ0) is 25.6. The summed E-state index contributed by atoms with van der Waals surface area (Å²) in [7, 11) is 0. The molecule has 3 aliphatic rings. The molecule has 0 saturated carbocycles. The van der Waals surface area contributed by atoms with Gasteiger partial charge in [-0.3, -0.25) is 4.99 Å². The highest BCUT2D eigenvalue weighted by Crippen LogP contribution is 2.31. The van der Waals surface area contributed by atoms with Crippen molar-refractivity contribution < 1.29 is 20.1 Å². The van der Waals surface area contributed by atoms with Crippen LogP contribution < -0.4 is 5.73 Å². The molecule has 10 heteroatoms. The van der Waals surface area contributed by atoms with Crippen molar-refractivity contribution in [1.82, 2.24) is 9.47 Å². The van der Waals surface area contributed by atoms with Crippen LogP contribution in [0.1, 0.15) is 17.5 Å². The van der Waals surface area contributed by atoms with Gasteiger partial charge in [0.2, 0.25) is 0 Å². The lowest BCUT2D eigenvalue weighted by Crippen LogP contribution is -2.55. The number of aliphatic hydroxyl groups is 3. The molecule has 3 aromatic rings. The van der Waals surface area contributed by atoms with Crippen molar-refractivity contribution in [2.24, 2.45) is 20.7 Å². The average molecular weight is 503 g/mol. The lowest BCUT2D eigenvalue weighted by Gasteiger charge is -2.32. The predicted octanol–water partition coefficient (Wildman–Crippen LogP) is 0.871. The molecule has 5 atom stereocenters. The minimum Gasteiger partial charge on any atom is -0.394 e. The second-order valence-electron chi connectivity index (χ2n) is 9.75. The Morgan fingerprint density at radius 3 is 2.62 bits per heavy atom. The number of aliphatic imine (C=N–C) groups is 3. The molecule has 192 valence electrons. The highest BCUT2D eigenvalue weighted by molar-refractivity contribution is 6.47. The van der Waals surface area contributed by atoms with Gasteiger partial charge in [0.25, 0.3) is 0 Å². The zero-order valence-corrected chi connectivity index (χ0v) is 20.3. The van der Waals surface area contributed by atoms with Gasteiger partial charge in [-0.2, -0.15) is 0 Å². The molecule has 0 bridgehead atoms. The third-order valence-electron chi connectivity index (χ3n) is 7.41. The highest BCUT2D eigenvalue weighted by atomic mass is 16.6. The highest BCUT2D eigenvalue weighted by Gasteiger charge is 2.50. The summed E-state index contributed by atoms with van der Waals surface area (Å²) in [4.78, 5) is 15.2. The SMILES string of the molecule is NC1(CCc2cn(Cc3ccccc3)c3ccccc23)N=CN=C2C1=NCN2[C@@H]1O[C@H](CO)[C@@H](O)[C@H]1O. The third-order valence-corrected chi connectivity index (χ3v) is 7.41. The first-order valence-electron chi connectivity index (χ1n) is 12.4. The molecule has 10 nitrogen and oxygen atoms in total. The van der Waals surface area contributed by atoms with E-state index in [0.29, 0.717) is 24.4 Å². The molecule has 4 heterocycles. The number of aromatic nitrogens is 1. The van der Waals surface area contributed by atoms with Crippen LogP contribution in [-0.2, 0) is 17.7 Å². The first-order chi connectivity index (χ1) is 18.0. The molecule has 0 radical (unpaired) electrons. The molecule has 5 N–H and O–H groups in total. The summed E-state index contributed by atoms with van der Waals surface area (Å²) in [6, 6.07) is 18.7. The Kier molecular flexibility index (Phi) is 6.13. The number of para-hydroxylation sites is 1. The van der Waals surface area contributed by atoms with Gasteiger partial charge in [-0.05, 0) is 30.0 Å². The number of hydrogen-bond donors (Lipinski definition) is 4. The van der Waals surface area contributed by atoms with Crippen molar-refractivity contribution in [3.63, 3.8) is 0 Å². The summed E-state index contributed by atoms with van der Waals surface area (Å²) in [5.41, 5.74) is 9.81. The number of aliphatic hydroxyl groups excluding tert-OH is 3. The number of aryl methyl sites for hydroxylation is 1. The summed E-state index contributed by atoms with van der Waals surface area (Å²) in [5, 5.41) is 31.3. The maximum atomic E-state index is 10.5. The Morgan fingerprint density at radius 1 is 1.05 bits per heavy atom. The largest absolute Gasteiger partial charge is 0.394 e. The first-order valence-corrected chi connectivity index (χ1v) is 12.4. The second kappa shape index (κ2) is 9.47. The van der Waals surface area contributed by atoms with Crippen LogP contribution in [0.2, 0.25) is 0 Å². The maximum Gasteiger partial charge on any atom is 0.162 e. The minimum absolute atomic E-state index is 0.166. The number of nitrogens with two attached hydrogens (primary N) is 1. The van der Waals surface area contributed by atoms with E-state index in [1.807, 2.05) is 30.3 Å². The normalized spacial score (nSPS) is 29.0. The Morgan fingerprint density at radius 2 is 1.84 bits per heavy atom. The van der Waals surface area contributed by atoms with E-state index in [0.717, 1.165) is 12.1 Å². The summed E-state index contributed by atoms with van der Waals surface area (Å²) < 4.78 is 7.96. The Balaban J connectivity index is 1.21. The van der Waals surface area contributed by atoms with Crippen molar-refractivity contribution in [3.05, 3.63) is 71.9 Å². The molecule has 3 aliphatic heterocycles. The van der Waals surface area contributed by atoms with Gasteiger partial charge in [0, 0.05) is 23.6 Å². The molecule has 0 amide bonds. The number of ether oxygens (including phenoxy) is 1. The van der Waals surface area contributed by atoms with E-state index in [9.17, 15) is 15.3 Å². The molecule has 1 aromatic heterocycles. The van der Waals surface area contributed by atoms with E-state index in [-0.39, 0.29) is 6.67 Å². The maximum absolute atomic E-state index is 10.5. The van der Waals surface area contributed by atoms with E-state index in [2.05, 4.69) is 50.0 Å². The van der Waals surface area contributed by atoms with Crippen LogP contribution in [0.5, 0.6) is 0 Å². The van der Waals surface area contributed by atoms with Crippen LogP contribution in [0.25, 0.3) is 10.9 Å². The number of amidine groups is 1. The molecule has 1 unspecified atom stereocenters. The molecule has 2 aromatic carbocycles. The van der Waals surface area contributed by atoms with Crippen LogP contribution in [0, 0.1) is 0 Å². The fourth-order valence-corrected chi connectivity index (χ4v) is 5.41. The smallest absolute Gasteiger partial charge is 0.162 e. The van der Waals surface area contributed by atoms with Crippen LogP contribution >= 0.6 is 0 Å². The number of fused-ring (bicyclic) bond motifs is 2. The van der Waals surface area contributed by atoms with Crippen molar-refractivity contribution in [1.29, 1.82) is 0 Å². The summed E-state index contributed by atoms with van der Waals surface area (Å²) in [6.07, 6.45) is 0.610. The van der Waals surface area contributed by atoms with Crippen LogP contribution in [0.15, 0.2) is 75.8 Å². The third kappa shape index (κ3) is 4.16. The summed E-state index contributed by atoms with van der Waals surface area (Å²) in [6.45, 7) is 0.540. The lowest BCUT2D eigenvalue weighted by molar-refractivity contribution is -0.0688. The topological polar surface area (TPSA) is 141 Å². The van der Waals surface area contributed by atoms with Crippen LogP contribution in [-0.4, -0.2) is 86.2 Å². The van der Waals surface area contributed by atoms with Gasteiger partial charge in [-0.1, -0.05) is 48.5 Å². The lowest BCUT2D eigenvalue weighted by atomic mass is 9.94. The van der Waals surface area contributed by atoms with E-state index in [4.69, 9.17) is 10.5 Å². The minimum atomic E-state index is -1.21. The van der Waals surface area contributed by atoms with Crippen molar-refractivity contribution >= 4 is 28.8 Å². The van der Waals surface area contributed by atoms with Crippen molar-refractivity contribution in [3.8, 4) is 0 Å². The molecule has 1 saturated heterocycles. The molecular formula is C27H30N6O4. The van der Waals surface area contributed by atoms with Gasteiger partial charge in [-0.25, -0.2) is 9.98 Å². The second-order valence-corrected chi connectivity index (χ2v) is 9.75. The molecular weight excluding hydrogens is 472 g/mol. The Labute approximate surface area is 214 Å². The van der Waals surface area contributed by atoms with Gasteiger partial charge >= 0.3 is 0 Å². The van der Waals surface area contributed by atoms with Gasteiger partial charge in [0.15, 0.2) is 17.7 Å². The molecule has 37 heavy (non-hydrogen) atoms. The quantitative estimate of drug-likeness (QED) is 0.378. The van der Waals surface area contributed by atoms with Crippen molar-refractivity contribution in [2.45, 2.75) is 49.6 Å². The van der Waals surface area contributed by atoms with Gasteiger partial charge in [0.1, 0.15) is 37.0 Å². The fraction of sp³-hybridized carbons (Fsp3) is 0.370. The van der Waals surface area contributed by atoms with E-state index >= 15 is 0 Å². The van der Waals surface area contributed by atoms with E-state index in [1.54, 1.807) is 4.90 Å². The fourth-order valence-electron chi connectivity index (χ4n) is 5.41. The van der Waals surface area contributed by atoms with Crippen LogP contribution in [0.3, 0.4) is 0 Å². The standard InChI is InChI=1S/C27H30N6O4/c28-27(24-25(29-15-31-27)33(16-30-24)26-23(36)22(35)21(14-34)37-26)11-10-18-13-32(12-17-6-2-1-3-7-17)20-9-5-4-8-19(18)20/h1-9,13,15,21-23,26,34-36H,10-12,14,16,28H2/t21-,22-,23-,26-,27?/m1/s1. The monoisotopic (exact) mass is 502 g/mol. The number of hydrogen-bond acceptors (Lipinski definition) is 9. The van der Waals surface area contributed by atoms with Crippen LogP contribution in [0.4, 0.5) is 0 Å². The summed E-state index contributed by atoms with van der Waals surface area (Å²) in [5.74, 6) is 0.471. The van der Waals surface area contributed by atoms with Gasteiger partial charge < -0.3 is 35.3 Å². The zero-order valence-electron chi connectivity index (χ0n) is 20.3. The number of rotatable bonds is 7. The number of benzene rings is 2. The average Bonchev–Trinajstić information content (AvgIpc) is 3.59. The van der Waals surface area contributed by atoms with E-state index < -0.39 is 36.8 Å². The van der Waals surface area contributed by atoms with Gasteiger partial charge in [-0.15, -0.1) is 0 Å². The predicted molar refractivity (Wildman–Crippen MR) is 141 cm³/mol. The summed E-state index contributed by atoms with van der Waals surface area (Å²) >= 11 is 0. The van der Waals surface area contributed by atoms with Gasteiger partial charge in [0.05, 0.1) is 6.61 Å². The Bertz CT molecular complexity index is 1390. The Hall–Kier alpha value is -3.41. The first kappa shape index (κ1) is 24.0. The number of nitrogens with zero attached hydrogens (tertiary/aromatic N) is 5. The molecule has 6 rings (SSSR count). The molecule has 0 spiro atoms. The molecule has 0 aliphatic carbocycles. The van der Waals surface area contributed by atoms with E-state index in [1.165, 1.54) is 22.9 Å². The molecule has 1 fully saturated rings. The van der Waals surface area contributed by atoms with Crippen molar-refractivity contribution in [2.75, 3.05) is 13.3 Å².